The van der Waals surface area contributed by atoms with Gasteiger partial charge in [-0.15, -0.1) is 0 Å². The third-order valence-electron chi connectivity index (χ3n) is 0.546. The van der Waals surface area contributed by atoms with Crippen LogP contribution in [0.25, 0.3) is 0 Å². The predicted octanol–water partition coefficient (Wildman–Crippen LogP) is -0.0368. The van der Waals surface area contributed by atoms with E-state index in [9.17, 15) is 4.39 Å². The van der Waals surface area contributed by atoms with Crippen molar-refractivity contribution in [1.29, 1.82) is 0 Å². The van der Waals surface area contributed by atoms with Crippen LogP contribution in [0.2, 0.25) is 0 Å². The van der Waals surface area contributed by atoms with E-state index >= 15 is 0 Å². The van der Waals surface area contributed by atoms with Crippen molar-refractivity contribution >= 4 is 0 Å². The molecular formula is C4H9FO2. The Morgan fingerprint density at radius 3 is 2.57 bits per heavy atom. The smallest absolute Gasteiger partial charge is 0.146 e. The van der Waals surface area contributed by atoms with Gasteiger partial charge in [0.25, 0.3) is 0 Å². The zero-order chi connectivity index (χ0) is 5.70. The Morgan fingerprint density at radius 1 is 1.86 bits per heavy atom. The Morgan fingerprint density at radius 2 is 2.43 bits per heavy atom. The van der Waals surface area contributed by atoms with E-state index in [1.54, 1.807) is 0 Å². The molecule has 0 heterocycles. The summed E-state index contributed by atoms with van der Waals surface area (Å²) in [6.07, 6.45) is -1.22. The highest BCUT2D eigenvalue weighted by atomic mass is 19.1. The molecule has 0 fully saturated rings. The van der Waals surface area contributed by atoms with Crippen molar-refractivity contribution in [2.75, 3.05) is 20.3 Å². The Kier molecular flexibility index (Phi) is 3.93. The summed E-state index contributed by atoms with van der Waals surface area (Å²) < 4.78 is 16.1. The molecule has 0 aromatic heterocycles. The summed E-state index contributed by atoms with van der Waals surface area (Å²) in [4.78, 5) is 0. The zero-order valence-electron chi connectivity index (χ0n) is 4.22. The second kappa shape index (κ2) is 4.02. The van der Waals surface area contributed by atoms with E-state index in [0.29, 0.717) is 0 Å². The Hall–Kier alpha value is -0.150. The first-order valence-electron chi connectivity index (χ1n) is 2.05. The first-order valence-corrected chi connectivity index (χ1v) is 2.05. The Labute approximate surface area is 41.9 Å². The molecule has 1 atom stereocenters. The van der Waals surface area contributed by atoms with Crippen molar-refractivity contribution < 1.29 is 14.2 Å². The SMILES string of the molecule is COCC(F)CO. The maximum atomic E-state index is 11.8. The second-order valence-electron chi connectivity index (χ2n) is 1.24. The minimum Gasteiger partial charge on any atom is -0.393 e. The molecule has 3 heteroatoms. The molecular weight excluding hydrogens is 99.0 g/mol. The summed E-state index contributed by atoms with van der Waals surface area (Å²) in [7, 11) is 1.39. The molecule has 7 heavy (non-hydrogen) atoms. The summed E-state index contributed by atoms with van der Waals surface area (Å²) >= 11 is 0. The van der Waals surface area contributed by atoms with Crippen molar-refractivity contribution in [2.45, 2.75) is 6.17 Å². The van der Waals surface area contributed by atoms with Crippen molar-refractivity contribution in [3.05, 3.63) is 0 Å². The van der Waals surface area contributed by atoms with Gasteiger partial charge in [-0.1, -0.05) is 0 Å². The van der Waals surface area contributed by atoms with Crippen LogP contribution in [0.1, 0.15) is 0 Å². The number of methoxy groups -OCH3 is 1. The van der Waals surface area contributed by atoms with Gasteiger partial charge in [-0.05, 0) is 0 Å². The van der Waals surface area contributed by atoms with Gasteiger partial charge in [-0.3, -0.25) is 0 Å². The fourth-order valence-corrected chi connectivity index (χ4v) is 0.234. The number of rotatable bonds is 3. The molecule has 1 N–H and O–H groups in total. The molecule has 2 nitrogen and oxygen atoms in total. The number of aliphatic hydroxyl groups excluding tert-OH is 1. The highest BCUT2D eigenvalue weighted by molar-refractivity contribution is 4.47. The molecule has 44 valence electrons. The highest BCUT2D eigenvalue weighted by Gasteiger charge is 1.99. The van der Waals surface area contributed by atoms with Crippen LogP contribution in [-0.2, 0) is 4.74 Å². The maximum Gasteiger partial charge on any atom is 0.146 e. The molecule has 0 aromatic carbocycles. The minimum absolute atomic E-state index is 0.0174. The molecule has 0 aliphatic rings. The lowest BCUT2D eigenvalue weighted by atomic mass is 10.4. The molecule has 0 rings (SSSR count). The van der Waals surface area contributed by atoms with Crippen LogP contribution in [0.3, 0.4) is 0 Å². The van der Waals surface area contributed by atoms with E-state index in [1.807, 2.05) is 0 Å². The molecule has 1 unspecified atom stereocenters. The molecule has 0 bridgehead atoms. The van der Waals surface area contributed by atoms with Crippen molar-refractivity contribution in [2.24, 2.45) is 0 Å². The third kappa shape index (κ3) is 3.69. The molecule has 0 saturated heterocycles. The second-order valence-corrected chi connectivity index (χ2v) is 1.24. The molecule has 0 saturated carbocycles. The van der Waals surface area contributed by atoms with Gasteiger partial charge in [-0.25, -0.2) is 4.39 Å². The third-order valence-corrected chi connectivity index (χ3v) is 0.546. The van der Waals surface area contributed by atoms with Crippen molar-refractivity contribution in [1.82, 2.24) is 0 Å². The Balaban J connectivity index is 2.83. The van der Waals surface area contributed by atoms with Crippen LogP contribution < -0.4 is 0 Å². The molecule has 0 aliphatic carbocycles. The van der Waals surface area contributed by atoms with Crippen LogP contribution >= 0.6 is 0 Å². The van der Waals surface area contributed by atoms with Crippen molar-refractivity contribution in [3.8, 4) is 0 Å². The van der Waals surface area contributed by atoms with Gasteiger partial charge < -0.3 is 9.84 Å². The lowest BCUT2D eigenvalue weighted by molar-refractivity contribution is 0.0816. The van der Waals surface area contributed by atoms with Gasteiger partial charge in [0.2, 0.25) is 0 Å². The summed E-state index contributed by atoms with van der Waals surface area (Å²) in [6, 6.07) is 0. The monoisotopic (exact) mass is 108 g/mol. The average molecular weight is 108 g/mol. The quantitative estimate of drug-likeness (QED) is 0.549. The van der Waals surface area contributed by atoms with Crippen LogP contribution in [0.15, 0.2) is 0 Å². The standard InChI is InChI=1S/C4H9FO2/c1-7-3-4(5)2-6/h4,6H,2-3H2,1H3. The summed E-state index contributed by atoms with van der Waals surface area (Å²) in [5, 5.41) is 8.01. The normalized spacial score (nSPS) is 14.1. The Bertz CT molecular complexity index is 40.7. The van der Waals surface area contributed by atoms with E-state index in [-0.39, 0.29) is 6.61 Å². The van der Waals surface area contributed by atoms with Gasteiger partial charge in [-0.2, -0.15) is 0 Å². The number of halogens is 1. The number of hydrogen-bond donors (Lipinski definition) is 1. The molecule has 0 radical (unpaired) electrons. The topological polar surface area (TPSA) is 29.5 Å². The number of ether oxygens (including phenoxy) is 1. The molecule has 0 aliphatic heterocycles. The fourth-order valence-electron chi connectivity index (χ4n) is 0.234. The van der Waals surface area contributed by atoms with Crippen LogP contribution in [-0.4, -0.2) is 31.6 Å². The van der Waals surface area contributed by atoms with Gasteiger partial charge in [0.05, 0.1) is 13.2 Å². The lowest BCUT2D eigenvalue weighted by Gasteiger charge is -1.98. The lowest BCUT2D eigenvalue weighted by Crippen LogP contribution is -2.12. The van der Waals surface area contributed by atoms with E-state index in [1.165, 1.54) is 7.11 Å². The molecule has 0 amide bonds. The number of alkyl halides is 1. The summed E-state index contributed by atoms with van der Waals surface area (Å²) in [6.45, 7) is -0.468. The zero-order valence-corrected chi connectivity index (χ0v) is 4.22. The largest absolute Gasteiger partial charge is 0.393 e. The predicted molar refractivity (Wildman–Crippen MR) is 23.9 cm³/mol. The molecule has 0 aromatic rings. The van der Waals surface area contributed by atoms with Gasteiger partial charge in [0, 0.05) is 7.11 Å². The van der Waals surface area contributed by atoms with E-state index in [4.69, 9.17) is 5.11 Å². The van der Waals surface area contributed by atoms with Gasteiger partial charge in [0.1, 0.15) is 6.17 Å². The van der Waals surface area contributed by atoms with Gasteiger partial charge in [0.15, 0.2) is 0 Å². The highest BCUT2D eigenvalue weighted by Crippen LogP contribution is 1.86. The average Bonchev–Trinajstić information content (AvgIpc) is 1.68. The first-order chi connectivity index (χ1) is 3.31. The summed E-state index contributed by atoms with van der Waals surface area (Å²) in [5.74, 6) is 0. The van der Waals surface area contributed by atoms with Crippen LogP contribution in [0, 0.1) is 0 Å². The maximum absolute atomic E-state index is 11.8. The van der Waals surface area contributed by atoms with Gasteiger partial charge >= 0.3 is 0 Å². The van der Waals surface area contributed by atoms with Crippen LogP contribution in [0.4, 0.5) is 4.39 Å². The van der Waals surface area contributed by atoms with E-state index in [2.05, 4.69) is 4.74 Å². The number of aliphatic hydroxyl groups is 1. The minimum atomic E-state index is -1.22. The molecule has 0 spiro atoms. The van der Waals surface area contributed by atoms with E-state index < -0.39 is 12.8 Å². The van der Waals surface area contributed by atoms with Crippen molar-refractivity contribution in [3.63, 3.8) is 0 Å². The first kappa shape index (κ1) is 6.85. The summed E-state index contributed by atoms with van der Waals surface area (Å²) in [5.41, 5.74) is 0. The van der Waals surface area contributed by atoms with E-state index in [0.717, 1.165) is 0 Å². The van der Waals surface area contributed by atoms with Crippen LogP contribution in [0.5, 0.6) is 0 Å². The fraction of sp³-hybridized carbons (Fsp3) is 1.00. The number of hydrogen-bond acceptors (Lipinski definition) is 2.